The highest BCUT2D eigenvalue weighted by Crippen LogP contribution is 2.33. The van der Waals surface area contributed by atoms with E-state index in [1.165, 1.54) is 31.2 Å². The zero-order valence-electron chi connectivity index (χ0n) is 12.7. The molecule has 0 radical (unpaired) electrons. The Hall–Kier alpha value is -2.51. The molecule has 0 saturated carbocycles. The van der Waals surface area contributed by atoms with Crippen molar-refractivity contribution in [2.45, 2.75) is 19.1 Å². The molecule has 0 spiro atoms. The number of benzene rings is 1. The van der Waals surface area contributed by atoms with E-state index in [0.717, 1.165) is 12.1 Å². The number of allylic oxidation sites excluding steroid dienone is 1. The average molecular weight is 328 g/mol. The molecule has 0 saturated heterocycles. The normalized spacial score (nSPS) is 18.8. The zero-order valence-corrected chi connectivity index (χ0v) is 12.7. The lowest BCUT2D eigenvalue weighted by Crippen LogP contribution is -2.46. The SMILES string of the molecule is COC(=O)C1=C(C)N(C)C(=O)NC1c1ccc(C(F)(F)F)cc1. The van der Waals surface area contributed by atoms with Crippen molar-refractivity contribution in [1.82, 2.24) is 10.2 Å². The molecule has 1 aromatic rings. The molecule has 1 N–H and O–H groups in total. The van der Waals surface area contributed by atoms with Crippen LogP contribution in [0.15, 0.2) is 35.5 Å². The van der Waals surface area contributed by atoms with Gasteiger partial charge in [0, 0.05) is 12.7 Å². The van der Waals surface area contributed by atoms with Crippen molar-refractivity contribution >= 4 is 12.0 Å². The molecule has 2 amide bonds. The van der Waals surface area contributed by atoms with Crippen LogP contribution < -0.4 is 5.32 Å². The summed E-state index contributed by atoms with van der Waals surface area (Å²) in [6.45, 7) is 1.57. The van der Waals surface area contributed by atoms with Gasteiger partial charge in [0.25, 0.3) is 0 Å². The van der Waals surface area contributed by atoms with Crippen LogP contribution in [0.4, 0.5) is 18.0 Å². The summed E-state index contributed by atoms with van der Waals surface area (Å²) in [6, 6.07) is 2.95. The van der Waals surface area contributed by atoms with Gasteiger partial charge < -0.3 is 15.0 Å². The third-order valence-corrected chi connectivity index (χ3v) is 3.73. The van der Waals surface area contributed by atoms with Crippen LogP contribution in [0.2, 0.25) is 0 Å². The molecule has 0 bridgehead atoms. The van der Waals surface area contributed by atoms with Crippen LogP contribution >= 0.6 is 0 Å². The Morgan fingerprint density at radius 2 is 1.83 bits per heavy atom. The van der Waals surface area contributed by atoms with Gasteiger partial charge in [-0.2, -0.15) is 13.2 Å². The Labute approximate surface area is 130 Å². The first-order valence-corrected chi connectivity index (χ1v) is 6.67. The number of amides is 2. The largest absolute Gasteiger partial charge is 0.466 e. The summed E-state index contributed by atoms with van der Waals surface area (Å²) in [7, 11) is 2.68. The molecule has 8 heteroatoms. The number of rotatable bonds is 2. The van der Waals surface area contributed by atoms with Gasteiger partial charge in [-0.25, -0.2) is 9.59 Å². The van der Waals surface area contributed by atoms with E-state index in [4.69, 9.17) is 4.74 Å². The Morgan fingerprint density at radius 1 is 1.26 bits per heavy atom. The van der Waals surface area contributed by atoms with Crippen molar-refractivity contribution in [1.29, 1.82) is 0 Å². The maximum Gasteiger partial charge on any atom is 0.416 e. The maximum absolute atomic E-state index is 12.6. The molecule has 2 rings (SSSR count). The summed E-state index contributed by atoms with van der Waals surface area (Å²) >= 11 is 0. The second-order valence-electron chi connectivity index (χ2n) is 5.05. The van der Waals surface area contributed by atoms with E-state index in [2.05, 4.69) is 5.32 Å². The number of carbonyl (C=O) groups is 2. The molecule has 1 aromatic carbocycles. The number of methoxy groups -OCH3 is 1. The number of urea groups is 1. The van der Waals surface area contributed by atoms with Crippen molar-refractivity contribution in [2.24, 2.45) is 0 Å². The fraction of sp³-hybridized carbons (Fsp3) is 0.333. The molecule has 0 aliphatic carbocycles. The molecule has 1 unspecified atom stereocenters. The fourth-order valence-corrected chi connectivity index (χ4v) is 2.32. The molecule has 1 atom stereocenters. The van der Waals surface area contributed by atoms with Gasteiger partial charge >= 0.3 is 18.2 Å². The molecule has 0 aromatic heterocycles. The molecule has 124 valence electrons. The van der Waals surface area contributed by atoms with Crippen molar-refractivity contribution < 1.29 is 27.5 Å². The summed E-state index contributed by atoms with van der Waals surface area (Å²) in [5.74, 6) is -0.653. The molecule has 23 heavy (non-hydrogen) atoms. The second kappa shape index (κ2) is 5.94. The minimum atomic E-state index is -4.45. The Balaban J connectivity index is 2.47. The lowest BCUT2D eigenvalue weighted by Gasteiger charge is -2.33. The number of hydrogen-bond donors (Lipinski definition) is 1. The smallest absolute Gasteiger partial charge is 0.416 e. The van der Waals surface area contributed by atoms with E-state index in [-0.39, 0.29) is 5.57 Å². The van der Waals surface area contributed by atoms with Crippen LogP contribution in [0.3, 0.4) is 0 Å². The highest BCUT2D eigenvalue weighted by atomic mass is 19.4. The van der Waals surface area contributed by atoms with Crippen LogP contribution in [0, 0.1) is 0 Å². The molecule has 1 aliphatic rings. The summed E-state index contributed by atoms with van der Waals surface area (Å²) in [5.41, 5.74) is 0.111. The maximum atomic E-state index is 12.6. The van der Waals surface area contributed by atoms with Gasteiger partial charge in [-0.05, 0) is 24.6 Å². The van der Waals surface area contributed by atoms with Gasteiger partial charge in [0.15, 0.2) is 0 Å². The number of carbonyl (C=O) groups excluding carboxylic acids is 2. The van der Waals surface area contributed by atoms with Gasteiger partial charge in [0.1, 0.15) is 0 Å². The minimum Gasteiger partial charge on any atom is -0.466 e. The van der Waals surface area contributed by atoms with Crippen molar-refractivity contribution in [2.75, 3.05) is 14.2 Å². The van der Waals surface area contributed by atoms with Gasteiger partial charge in [-0.3, -0.25) is 0 Å². The number of hydrogen-bond acceptors (Lipinski definition) is 3. The molecular weight excluding hydrogens is 313 g/mol. The van der Waals surface area contributed by atoms with Gasteiger partial charge in [-0.15, -0.1) is 0 Å². The summed E-state index contributed by atoms with van der Waals surface area (Å²) in [6.07, 6.45) is -4.45. The van der Waals surface area contributed by atoms with E-state index in [9.17, 15) is 22.8 Å². The van der Waals surface area contributed by atoms with E-state index in [1.54, 1.807) is 6.92 Å². The van der Waals surface area contributed by atoms with E-state index >= 15 is 0 Å². The Bertz CT molecular complexity index is 666. The quantitative estimate of drug-likeness (QED) is 0.849. The van der Waals surface area contributed by atoms with E-state index < -0.39 is 29.8 Å². The molecule has 1 heterocycles. The topological polar surface area (TPSA) is 58.6 Å². The predicted octanol–water partition coefficient (Wildman–Crippen LogP) is 2.85. The highest BCUT2D eigenvalue weighted by molar-refractivity contribution is 5.94. The van der Waals surface area contributed by atoms with Crippen molar-refractivity contribution in [3.05, 3.63) is 46.7 Å². The Kier molecular flexibility index (Phi) is 4.35. The third kappa shape index (κ3) is 3.15. The van der Waals surface area contributed by atoms with E-state index in [1.807, 2.05) is 0 Å². The van der Waals surface area contributed by atoms with Crippen LogP contribution in [0.25, 0.3) is 0 Å². The second-order valence-corrected chi connectivity index (χ2v) is 5.05. The van der Waals surface area contributed by atoms with Crippen LogP contribution in [0.5, 0.6) is 0 Å². The monoisotopic (exact) mass is 328 g/mol. The number of esters is 1. The highest BCUT2D eigenvalue weighted by Gasteiger charge is 2.35. The molecular formula is C15H15F3N2O3. The minimum absolute atomic E-state index is 0.175. The number of ether oxygens (including phenoxy) is 1. The number of halogens is 3. The summed E-state index contributed by atoms with van der Waals surface area (Å²) < 4.78 is 42.6. The summed E-state index contributed by atoms with van der Waals surface area (Å²) in [4.78, 5) is 25.2. The number of nitrogens with zero attached hydrogens (tertiary/aromatic N) is 1. The van der Waals surface area contributed by atoms with Crippen LogP contribution in [-0.2, 0) is 15.7 Å². The van der Waals surface area contributed by atoms with Gasteiger partial charge in [0.2, 0.25) is 0 Å². The summed E-state index contributed by atoms with van der Waals surface area (Å²) in [5, 5.41) is 2.58. The Morgan fingerprint density at radius 3 is 2.30 bits per heavy atom. The standard InChI is InChI=1S/C15H15F3N2O3/c1-8-11(13(21)23-3)12(19-14(22)20(8)2)9-4-6-10(7-5-9)15(16,17)18/h4-7,12H,1-3H3,(H,19,22). The zero-order chi connectivity index (χ0) is 17.4. The molecule has 5 nitrogen and oxygen atoms in total. The third-order valence-electron chi connectivity index (χ3n) is 3.73. The van der Waals surface area contributed by atoms with Gasteiger partial charge in [0.05, 0.1) is 24.3 Å². The first kappa shape index (κ1) is 16.9. The predicted molar refractivity (Wildman–Crippen MR) is 75.2 cm³/mol. The number of nitrogens with one attached hydrogen (secondary N) is 1. The van der Waals surface area contributed by atoms with Crippen molar-refractivity contribution in [3.63, 3.8) is 0 Å². The average Bonchev–Trinajstić information content (AvgIpc) is 2.51. The van der Waals surface area contributed by atoms with Crippen LogP contribution in [0.1, 0.15) is 24.1 Å². The lowest BCUT2D eigenvalue weighted by molar-refractivity contribution is -0.138. The van der Waals surface area contributed by atoms with Crippen molar-refractivity contribution in [3.8, 4) is 0 Å². The van der Waals surface area contributed by atoms with Crippen LogP contribution in [-0.4, -0.2) is 31.1 Å². The lowest BCUT2D eigenvalue weighted by atomic mass is 9.94. The molecule has 0 fully saturated rings. The molecule has 1 aliphatic heterocycles. The number of alkyl halides is 3. The first-order valence-electron chi connectivity index (χ1n) is 6.67. The fourth-order valence-electron chi connectivity index (χ4n) is 2.32. The first-order chi connectivity index (χ1) is 10.7. The van der Waals surface area contributed by atoms with Gasteiger partial charge in [-0.1, -0.05) is 12.1 Å². The van der Waals surface area contributed by atoms with E-state index in [0.29, 0.717) is 11.3 Å².